The molecule has 4 heteroatoms. The average molecular weight is 327 g/mol. The summed E-state index contributed by atoms with van der Waals surface area (Å²) in [6.45, 7) is 2.52. The summed E-state index contributed by atoms with van der Waals surface area (Å²) in [4.78, 5) is 12.1. The number of hydrogen-bond acceptors (Lipinski definition) is 3. The van der Waals surface area contributed by atoms with E-state index in [4.69, 9.17) is 9.47 Å². The van der Waals surface area contributed by atoms with Gasteiger partial charge in [-0.2, -0.15) is 0 Å². The minimum Gasteiger partial charge on any atom is -0.497 e. The number of amides is 1. The van der Waals surface area contributed by atoms with Gasteiger partial charge in [0, 0.05) is 20.1 Å². The zero-order valence-corrected chi connectivity index (χ0v) is 14.5. The molecule has 0 unspecified atom stereocenters. The molecular formula is C20H25NO3. The first-order valence-corrected chi connectivity index (χ1v) is 8.12. The van der Waals surface area contributed by atoms with E-state index in [9.17, 15) is 4.79 Å². The summed E-state index contributed by atoms with van der Waals surface area (Å²) in [5.41, 5.74) is 3.39. The Morgan fingerprint density at radius 2 is 1.79 bits per heavy atom. The molecule has 0 aliphatic carbocycles. The van der Waals surface area contributed by atoms with Gasteiger partial charge in [0.1, 0.15) is 5.75 Å². The Balaban J connectivity index is 1.82. The fourth-order valence-corrected chi connectivity index (χ4v) is 2.61. The molecule has 0 aliphatic heterocycles. The van der Waals surface area contributed by atoms with Crippen molar-refractivity contribution in [2.75, 3.05) is 20.8 Å². The van der Waals surface area contributed by atoms with Gasteiger partial charge in [-0.25, -0.2) is 0 Å². The molecule has 24 heavy (non-hydrogen) atoms. The molecule has 4 nitrogen and oxygen atoms in total. The van der Waals surface area contributed by atoms with Gasteiger partial charge in [-0.3, -0.25) is 4.79 Å². The summed E-state index contributed by atoms with van der Waals surface area (Å²) in [5, 5.41) is 2.96. The second kappa shape index (κ2) is 9.08. The quantitative estimate of drug-likeness (QED) is 0.808. The van der Waals surface area contributed by atoms with Crippen LogP contribution in [-0.2, 0) is 16.0 Å². The van der Waals surface area contributed by atoms with Crippen LogP contribution >= 0.6 is 0 Å². The van der Waals surface area contributed by atoms with Gasteiger partial charge in [0.05, 0.1) is 13.2 Å². The van der Waals surface area contributed by atoms with Gasteiger partial charge in [-0.05, 0) is 42.2 Å². The third-order valence-electron chi connectivity index (χ3n) is 4.10. The Labute approximate surface area is 143 Å². The van der Waals surface area contributed by atoms with Crippen molar-refractivity contribution >= 4 is 5.91 Å². The molecule has 1 amide bonds. The van der Waals surface area contributed by atoms with Crippen molar-refractivity contribution in [2.24, 2.45) is 0 Å². The molecule has 0 radical (unpaired) electrons. The van der Waals surface area contributed by atoms with E-state index in [1.807, 2.05) is 55.5 Å². The summed E-state index contributed by atoms with van der Waals surface area (Å²) >= 11 is 0. The van der Waals surface area contributed by atoms with Gasteiger partial charge in [0.2, 0.25) is 5.91 Å². The average Bonchev–Trinajstić information content (AvgIpc) is 2.62. The molecule has 2 aromatic carbocycles. The van der Waals surface area contributed by atoms with E-state index in [2.05, 4.69) is 5.32 Å². The van der Waals surface area contributed by atoms with Crippen molar-refractivity contribution in [1.82, 2.24) is 5.32 Å². The minimum absolute atomic E-state index is 0.0291. The fourth-order valence-electron chi connectivity index (χ4n) is 2.61. The molecular weight excluding hydrogens is 302 g/mol. The summed E-state index contributed by atoms with van der Waals surface area (Å²) < 4.78 is 10.7. The Hall–Kier alpha value is -2.33. The molecule has 1 N–H and O–H groups in total. The number of aryl methyl sites for hydroxylation is 2. The highest BCUT2D eigenvalue weighted by atomic mass is 16.5. The van der Waals surface area contributed by atoms with E-state index in [0.29, 0.717) is 19.4 Å². The maximum atomic E-state index is 12.1. The summed E-state index contributed by atoms with van der Waals surface area (Å²) in [6, 6.07) is 15.9. The highest BCUT2D eigenvalue weighted by molar-refractivity contribution is 5.76. The largest absolute Gasteiger partial charge is 0.497 e. The van der Waals surface area contributed by atoms with Crippen molar-refractivity contribution in [3.63, 3.8) is 0 Å². The lowest BCUT2D eigenvalue weighted by atomic mass is 10.0. The topological polar surface area (TPSA) is 47.6 Å². The predicted octanol–water partition coefficient (Wildman–Crippen LogP) is 3.44. The molecule has 0 bridgehead atoms. The highest BCUT2D eigenvalue weighted by Crippen LogP contribution is 2.19. The Morgan fingerprint density at radius 3 is 2.42 bits per heavy atom. The predicted molar refractivity (Wildman–Crippen MR) is 95.3 cm³/mol. The second-order valence-corrected chi connectivity index (χ2v) is 5.73. The Morgan fingerprint density at radius 1 is 1.08 bits per heavy atom. The van der Waals surface area contributed by atoms with Crippen LogP contribution in [0, 0.1) is 6.92 Å². The van der Waals surface area contributed by atoms with Gasteiger partial charge in [-0.15, -0.1) is 0 Å². The molecule has 0 saturated carbocycles. The van der Waals surface area contributed by atoms with Gasteiger partial charge < -0.3 is 14.8 Å². The summed E-state index contributed by atoms with van der Waals surface area (Å²) in [6.07, 6.45) is 1.03. The standard InChI is InChI=1S/C20H25NO3/c1-15-6-4-5-7-18(15)19(24-3)14-21-20(22)13-10-16-8-11-17(23-2)12-9-16/h4-9,11-12,19H,10,13-14H2,1-3H3,(H,21,22)/t19-/m0/s1. The van der Waals surface area contributed by atoms with E-state index in [1.165, 1.54) is 0 Å². The van der Waals surface area contributed by atoms with E-state index in [-0.39, 0.29) is 12.0 Å². The fraction of sp³-hybridized carbons (Fsp3) is 0.350. The van der Waals surface area contributed by atoms with Crippen LogP contribution in [-0.4, -0.2) is 26.7 Å². The second-order valence-electron chi connectivity index (χ2n) is 5.73. The first-order valence-electron chi connectivity index (χ1n) is 8.12. The number of rotatable bonds is 8. The zero-order valence-electron chi connectivity index (χ0n) is 14.5. The van der Waals surface area contributed by atoms with E-state index >= 15 is 0 Å². The van der Waals surface area contributed by atoms with Crippen LogP contribution in [0.4, 0.5) is 0 Å². The van der Waals surface area contributed by atoms with Crippen molar-refractivity contribution in [2.45, 2.75) is 25.9 Å². The maximum Gasteiger partial charge on any atom is 0.220 e. The van der Waals surface area contributed by atoms with E-state index < -0.39 is 0 Å². The normalized spacial score (nSPS) is 11.8. The molecule has 0 spiro atoms. The molecule has 2 aromatic rings. The lowest BCUT2D eigenvalue weighted by molar-refractivity contribution is -0.121. The number of methoxy groups -OCH3 is 2. The molecule has 0 aliphatic rings. The molecule has 2 rings (SSSR count). The first-order chi connectivity index (χ1) is 11.6. The molecule has 0 fully saturated rings. The highest BCUT2D eigenvalue weighted by Gasteiger charge is 2.13. The summed E-state index contributed by atoms with van der Waals surface area (Å²) in [7, 11) is 3.31. The maximum absolute atomic E-state index is 12.1. The molecule has 0 aromatic heterocycles. The Kier molecular flexibility index (Phi) is 6.82. The van der Waals surface area contributed by atoms with Crippen LogP contribution in [0.5, 0.6) is 5.75 Å². The number of carbonyl (C=O) groups is 1. The van der Waals surface area contributed by atoms with Crippen LogP contribution < -0.4 is 10.1 Å². The van der Waals surface area contributed by atoms with Crippen molar-refractivity contribution in [3.8, 4) is 5.75 Å². The first kappa shape index (κ1) is 18.0. The number of carbonyl (C=O) groups excluding carboxylic acids is 1. The van der Waals surface area contributed by atoms with Crippen LogP contribution in [0.3, 0.4) is 0 Å². The number of ether oxygens (including phenoxy) is 2. The third kappa shape index (κ3) is 5.10. The lowest BCUT2D eigenvalue weighted by Gasteiger charge is -2.18. The van der Waals surface area contributed by atoms with Crippen molar-refractivity contribution < 1.29 is 14.3 Å². The van der Waals surface area contributed by atoms with Gasteiger partial charge >= 0.3 is 0 Å². The van der Waals surface area contributed by atoms with Crippen molar-refractivity contribution in [3.05, 3.63) is 65.2 Å². The molecule has 1 atom stereocenters. The molecule has 0 heterocycles. The Bertz CT molecular complexity index is 652. The number of nitrogens with one attached hydrogen (secondary N) is 1. The van der Waals surface area contributed by atoms with Crippen LogP contribution in [0.1, 0.15) is 29.2 Å². The van der Waals surface area contributed by atoms with E-state index in [0.717, 1.165) is 22.4 Å². The number of hydrogen-bond donors (Lipinski definition) is 1. The number of benzene rings is 2. The zero-order chi connectivity index (χ0) is 17.4. The lowest BCUT2D eigenvalue weighted by Crippen LogP contribution is -2.29. The van der Waals surface area contributed by atoms with Gasteiger partial charge in [-0.1, -0.05) is 36.4 Å². The third-order valence-corrected chi connectivity index (χ3v) is 4.10. The summed E-state index contributed by atoms with van der Waals surface area (Å²) in [5.74, 6) is 0.853. The minimum atomic E-state index is -0.129. The van der Waals surface area contributed by atoms with Crippen molar-refractivity contribution in [1.29, 1.82) is 0 Å². The van der Waals surface area contributed by atoms with Gasteiger partial charge in [0.25, 0.3) is 0 Å². The van der Waals surface area contributed by atoms with Crippen LogP contribution in [0.15, 0.2) is 48.5 Å². The van der Waals surface area contributed by atoms with Crippen LogP contribution in [0.2, 0.25) is 0 Å². The molecule has 128 valence electrons. The SMILES string of the molecule is COc1ccc(CCC(=O)NC[C@H](OC)c2ccccc2C)cc1. The van der Waals surface area contributed by atoms with Gasteiger partial charge in [0.15, 0.2) is 0 Å². The molecule has 0 saturated heterocycles. The monoisotopic (exact) mass is 327 g/mol. The van der Waals surface area contributed by atoms with E-state index in [1.54, 1.807) is 14.2 Å². The van der Waals surface area contributed by atoms with Crippen LogP contribution in [0.25, 0.3) is 0 Å². The smallest absolute Gasteiger partial charge is 0.220 e.